The molecule has 0 bridgehead atoms. The van der Waals surface area contributed by atoms with Crippen molar-refractivity contribution >= 4 is 29.3 Å². The number of thioether (sulfide) groups is 1. The summed E-state index contributed by atoms with van der Waals surface area (Å²) in [6.45, 7) is -0.101. The van der Waals surface area contributed by atoms with Crippen molar-refractivity contribution in [2.24, 2.45) is 0 Å². The Bertz CT molecular complexity index is 956. The van der Waals surface area contributed by atoms with Gasteiger partial charge in [-0.05, 0) is 23.8 Å². The number of benzene rings is 2. The number of alkyl halides is 3. The first-order valence-corrected chi connectivity index (χ1v) is 9.50. The molecule has 0 unspecified atom stereocenters. The molecule has 152 valence electrons. The van der Waals surface area contributed by atoms with Crippen LogP contribution in [0.4, 0.5) is 18.9 Å². The SMILES string of the molecule is COC(=N)c1ccc(-c2ccccc2NC(=O)C2=C(C(F)(F)F)OCCS2)cc1. The lowest BCUT2D eigenvalue weighted by molar-refractivity contribution is -0.133. The smallest absolute Gasteiger partial charge is 0.450 e. The Kier molecular flexibility index (Phi) is 6.17. The number of ether oxygens (including phenoxy) is 2. The third kappa shape index (κ3) is 4.73. The number of carbonyl (C=O) groups excluding carboxylic acids is 1. The monoisotopic (exact) mass is 422 g/mol. The quantitative estimate of drug-likeness (QED) is 0.548. The highest BCUT2D eigenvalue weighted by Crippen LogP contribution is 2.38. The van der Waals surface area contributed by atoms with Gasteiger partial charge in [0.25, 0.3) is 5.91 Å². The lowest BCUT2D eigenvalue weighted by Gasteiger charge is -2.22. The van der Waals surface area contributed by atoms with Crippen molar-refractivity contribution in [3.05, 3.63) is 64.8 Å². The van der Waals surface area contributed by atoms with Gasteiger partial charge in [0.05, 0.1) is 13.7 Å². The molecule has 2 aromatic rings. The van der Waals surface area contributed by atoms with Crippen LogP contribution in [0.25, 0.3) is 11.1 Å². The molecular formula is C20H17F3N2O3S. The van der Waals surface area contributed by atoms with Crippen LogP contribution < -0.4 is 5.32 Å². The molecule has 0 atom stereocenters. The molecule has 0 radical (unpaired) electrons. The van der Waals surface area contributed by atoms with Crippen molar-refractivity contribution in [2.75, 3.05) is 24.8 Å². The topological polar surface area (TPSA) is 71.4 Å². The minimum Gasteiger partial charge on any atom is -0.487 e. The van der Waals surface area contributed by atoms with Gasteiger partial charge in [-0.15, -0.1) is 11.8 Å². The number of nitrogens with one attached hydrogen (secondary N) is 2. The fourth-order valence-corrected chi connectivity index (χ4v) is 3.60. The van der Waals surface area contributed by atoms with E-state index in [0.29, 0.717) is 16.8 Å². The van der Waals surface area contributed by atoms with Crippen molar-refractivity contribution < 1.29 is 27.4 Å². The molecule has 0 spiro atoms. The maximum absolute atomic E-state index is 13.2. The van der Waals surface area contributed by atoms with Crippen LogP contribution in [0.15, 0.2) is 59.2 Å². The summed E-state index contributed by atoms with van der Waals surface area (Å²) in [4.78, 5) is 12.1. The van der Waals surface area contributed by atoms with Crippen LogP contribution in [0.1, 0.15) is 5.56 Å². The van der Waals surface area contributed by atoms with E-state index in [-0.39, 0.29) is 18.3 Å². The molecule has 29 heavy (non-hydrogen) atoms. The lowest BCUT2D eigenvalue weighted by Crippen LogP contribution is -2.26. The van der Waals surface area contributed by atoms with E-state index in [9.17, 15) is 18.0 Å². The molecule has 1 aliphatic rings. The second kappa shape index (κ2) is 8.60. The van der Waals surface area contributed by atoms with E-state index >= 15 is 0 Å². The Morgan fingerprint density at radius 3 is 2.52 bits per heavy atom. The number of methoxy groups -OCH3 is 1. The van der Waals surface area contributed by atoms with Crippen LogP contribution >= 0.6 is 11.8 Å². The molecule has 0 aromatic heterocycles. The highest BCUT2D eigenvalue weighted by atomic mass is 32.2. The van der Waals surface area contributed by atoms with Gasteiger partial charge < -0.3 is 14.8 Å². The van der Waals surface area contributed by atoms with Gasteiger partial charge in [-0.1, -0.05) is 30.3 Å². The number of allylic oxidation sites excluding steroid dienone is 1. The van der Waals surface area contributed by atoms with Crippen LogP contribution in [-0.4, -0.2) is 37.5 Å². The fourth-order valence-electron chi connectivity index (χ4n) is 2.74. The van der Waals surface area contributed by atoms with Gasteiger partial charge in [0.1, 0.15) is 4.91 Å². The zero-order valence-corrected chi connectivity index (χ0v) is 16.1. The number of anilines is 1. The number of amides is 1. The molecule has 3 rings (SSSR count). The van der Waals surface area contributed by atoms with Crippen LogP contribution in [0, 0.1) is 5.41 Å². The maximum atomic E-state index is 13.2. The zero-order valence-electron chi connectivity index (χ0n) is 15.3. The van der Waals surface area contributed by atoms with Crippen molar-refractivity contribution in [1.82, 2.24) is 0 Å². The summed E-state index contributed by atoms with van der Waals surface area (Å²) < 4.78 is 49.1. The van der Waals surface area contributed by atoms with Gasteiger partial charge >= 0.3 is 6.18 Å². The molecule has 9 heteroatoms. The molecule has 0 fully saturated rings. The van der Waals surface area contributed by atoms with Crippen molar-refractivity contribution in [1.29, 1.82) is 5.41 Å². The Hall–Kier alpha value is -2.94. The van der Waals surface area contributed by atoms with Gasteiger partial charge in [-0.2, -0.15) is 13.2 Å². The summed E-state index contributed by atoms with van der Waals surface area (Å²) in [5.41, 5.74) is 2.30. The largest absolute Gasteiger partial charge is 0.487 e. The summed E-state index contributed by atoms with van der Waals surface area (Å²) in [7, 11) is 1.40. The Labute approximate surface area is 169 Å². The molecule has 2 N–H and O–H groups in total. The van der Waals surface area contributed by atoms with E-state index in [2.05, 4.69) is 5.32 Å². The Balaban J connectivity index is 1.90. The van der Waals surface area contributed by atoms with E-state index in [1.54, 1.807) is 48.5 Å². The van der Waals surface area contributed by atoms with Crippen molar-refractivity contribution in [2.45, 2.75) is 6.18 Å². The molecule has 1 amide bonds. The van der Waals surface area contributed by atoms with Gasteiger partial charge in [-0.25, -0.2) is 0 Å². The molecule has 5 nitrogen and oxygen atoms in total. The van der Waals surface area contributed by atoms with E-state index in [0.717, 1.165) is 17.3 Å². The number of rotatable bonds is 4. The predicted molar refractivity (Wildman–Crippen MR) is 106 cm³/mol. The third-order valence-corrected chi connectivity index (χ3v) is 5.11. The van der Waals surface area contributed by atoms with E-state index in [4.69, 9.17) is 14.9 Å². The van der Waals surface area contributed by atoms with Crippen LogP contribution in [0.2, 0.25) is 0 Å². The average Bonchev–Trinajstić information content (AvgIpc) is 2.73. The first kappa shape index (κ1) is 20.8. The lowest BCUT2D eigenvalue weighted by atomic mass is 10.0. The maximum Gasteiger partial charge on any atom is 0.450 e. The molecular weight excluding hydrogens is 405 g/mol. The minimum absolute atomic E-state index is 0.0130. The molecule has 0 aliphatic carbocycles. The van der Waals surface area contributed by atoms with Crippen LogP contribution in [0.5, 0.6) is 0 Å². The normalized spacial score (nSPS) is 14.2. The predicted octanol–water partition coefficient (Wildman–Crippen LogP) is 4.80. The summed E-state index contributed by atoms with van der Waals surface area (Å²) >= 11 is 0.820. The van der Waals surface area contributed by atoms with Gasteiger partial charge in [0.2, 0.25) is 11.7 Å². The molecule has 0 saturated heterocycles. The first-order chi connectivity index (χ1) is 13.8. The second-order valence-corrected chi connectivity index (χ2v) is 7.07. The van der Waals surface area contributed by atoms with Crippen molar-refractivity contribution in [3.8, 4) is 11.1 Å². The Morgan fingerprint density at radius 2 is 1.86 bits per heavy atom. The Morgan fingerprint density at radius 1 is 1.17 bits per heavy atom. The first-order valence-electron chi connectivity index (χ1n) is 8.52. The van der Waals surface area contributed by atoms with Crippen LogP contribution in [-0.2, 0) is 14.3 Å². The summed E-state index contributed by atoms with van der Waals surface area (Å²) in [5.74, 6) is -1.85. The minimum atomic E-state index is -4.73. The van der Waals surface area contributed by atoms with E-state index in [1.165, 1.54) is 7.11 Å². The van der Waals surface area contributed by atoms with Gasteiger partial charge in [0, 0.05) is 22.6 Å². The molecule has 2 aromatic carbocycles. The van der Waals surface area contributed by atoms with Crippen molar-refractivity contribution in [3.63, 3.8) is 0 Å². The van der Waals surface area contributed by atoms with E-state index in [1.807, 2.05) is 0 Å². The molecule has 1 heterocycles. The van der Waals surface area contributed by atoms with Crippen LogP contribution in [0.3, 0.4) is 0 Å². The van der Waals surface area contributed by atoms with Gasteiger partial charge in [0.15, 0.2) is 0 Å². The number of halogens is 3. The summed E-state index contributed by atoms with van der Waals surface area (Å²) in [5, 5.41) is 10.2. The average molecular weight is 422 g/mol. The highest BCUT2D eigenvalue weighted by Gasteiger charge is 2.42. The van der Waals surface area contributed by atoms with Gasteiger partial charge in [-0.3, -0.25) is 10.2 Å². The zero-order chi connectivity index (χ0) is 21.0. The second-order valence-electron chi connectivity index (χ2n) is 5.96. The standard InChI is InChI=1S/C20H17F3N2O3S/c1-27-18(24)13-8-6-12(7-9-13)14-4-2-3-5-15(14)25-19(26)16-17(20(21,22)23)28-10-11-29-16/h2-9,24H,10-11H2,1H3,(H,25,26). The fraction of sp³-hybridized carbons (Fsp3) is 0.200. The summed E-state index contributed by atoms with van der Waals surface area (Å²) in [6, 6.07) is 13.7. The number of carbonyl (C=O) groups is 1. The number of hydrogen-bond donors (Lipinski definition) is 2. The molecule has 1 aliphatic heterocycles. The third-order valence-electron chi connectivity index (χ3n) is 4.08. The van der Waals surface area contributed by atoms with E-state index < -0.39 is 22.7 Å². The highest BCUT2D eigenvalue weighted by molar-refractivity contribution is 8.04. The number of hydrogen-bond acceptors (Lipinski definition) is 5. The summed E-state index contributed by atoms with van der Waals surface area (Å²) in [6.07, 6.45) is -4.73. The number of para-hydroxylation sites is 1. The molecule has 0 saturated carbocycles.